The van der Waals surface area contributed by atoms with Crippen molar-refractivity contribution < 1.29 is 34.5 Å². The van der Waals surface area contributed by atoms with Crippen LogP contribution in [0.5, 0.6) is 0 Å². The fourth-order valence-corrected chi connectivity index (χ4v) is 0.787. The quantitative estimate of drug-likeness (QED) is 0.241. The molecule has 108 valence electrons. The summed E-state index contributed by atoms with van der Waals surface area (Å²) in [7, 11) is -2.80. The maximum atomic E-state index is 9.87. The average Bonchev–Trinajstić information content (AvgIpc) is 1.92. The molecule has 10 heteroatoms. The Hall–Kier alpha value is -0.720. The third kappa shape index (κ3) is 25.5. The molecule has 0 aromatic carbocycles. The normalized spacial score (nSPS) is 14.8. The number of halogens is 6. The summed E-state index contributed by atoms with van der Waals surface area (Å²) in [5.41, 5.74) is 0. The van der Waals surface area contributed by atoms with E-state index in [0.717, 1.165) is 6.02 Å². The number of rotatable bonds is 1. The molecule has 0 rings (SSSR count). The number of nitrogens with zero attached hydrogens (tertiary/aromatic N) is 2. The molecule has 0 radical (unpaired) electrons. The molecule has 0 aliphatic carbocycles. The summed E-state index contributed by atoms with van der Waals surface area (Å²) in [4.78, 5) is 1.95. The zero-order chi connectivity index (χ0) is 14.6. The molecule has 0 saturated carbocycles. The van der Waals surface area contributed by atoms with Gasteiger partial charge in [0.05, 0.1) is 34.8 Å². The Morgan fingerprint density at radius 3 is 1.41 bits per heavy atom. The minimum absolute atomic E-state index is 0.714. The first kappa shape index (κ1) is 18.6. The van der Waals surface area contributed by atoms with Gasteiger partial charge < -0.3 is 4.74 Å². The van der Waals surface area contributed by atoms with Gasteiger partial charge in [0.15, 0.2) is 0 Å². The van der Waals surface area contributed by atoms with Crippen molar-refractivity contribution in [1.82, 2.24) is 4.90 Å². The van der Waals surface area contributed by atoms with E-state index in [0.29, 0.717) is 6.61 Å². The van der Waals surface area contributed by atoms with Gasteiger partial charge in [-0.15, -0.1) is 0 Å². The first-order valence-corrected chi connectivity index (χ1v) is 6.48. The predicted molar refractivity (Wildman–Crippen MR) is 56.0 cm³/mol. The zero-order valence-corrected chi connectivity index (χ0v) is 11.1. The molecule has 0 N–H and O–H groups in total. The topological polar surface area (TPSA) is 15.5 Å². The van der Waals surface area contributed by atoms with Crippen molar-refractivity contribution in [2.75, 3.05) is 34.8 Å². The van der Waals surface area contributed by atoms with Gasteiger partial charge in [0.2, 0.25) is 0 Å². The van der Waals surface area contributed by atoms with Crippen LogP contribution in [0.4, 0.5) is 25.2 Å². The van der Waals surface area contributed by atoms with Crippen molar-refractivity contribution in [2.24, 2.45) is 0 Å². The molecule has 0 heterocycles. The molecule has 17 heavy (non-hydrogen) atoms. The summed E-state index contributed by atoms with van der Waals surface area (Å²) in [6.45, 7) is 2.69. The van der Waals surface area contributed by atoms with Gasteiger partial charge in [-0.2, -0.15) is 0 Å². The van der Waals surface area contributed by atoms with E-state index in [-0.39, 0.29) is 0 Å². The predicted octanol–water partition coefficient (Wildman–Crippen LogP) is 3.60. The molecular weight excluding hydrogens is 273 g/mol. The van der Waals surface area contributed by atoms with E-state index in [1.165, 1.54) is 0 Å². The monoisotopic (exact) mass is 290 g/mol. The molecule has 0 aromatic rings. The molecule has 0 aliphatic rings. The van der Waals surface area contributed by atoms with Gasteiger partial charge in [-0.1, -0.05) is 0 Å². The molecule has 0 aliphatic heterocycles. The first-order valence-electron chi connectivity index (χ1n) is 4.45. The van der Waals surface area contributed by atoms with Gasteiger partial charge >= 0.3 is 39.0 Å². The van der Waals surface area contributed by atoms with Crippen LogP contribution >= 0.6 is 7.81 Å². The summed E-state index contributed by atoms with van der Waals surface area (Å²) < 4.78 is 66.5. The maximum absolute atomic E-state index is 10.7. The van der Waals surface area contributed by atoms with Crippen LogP contribution < -0.4 is 0 Å². The Kier molecular flexibility index (Phi) is 5.35. The van der Waals surface area contributed by atoms with Gasteiger partial charge in [-0.25, -0.2) is 9.48 Å². The van der Waals surface area contributed by atoms with Crippen LogP contribution in [-0.4, -0.2) is 50.3 Å². The second kappa shape index (κ2) is 4.88. The zero-order valence-electron chi connectivity index (χ0n) is 10.2. The van der Waals surface area contributed by atoms with Crippen LogP contribution in [0.3, 0.4) is 0 Å². The molecule has 0 unspecified atom stereocenters. The third-order valence-corrected chi connectivity index (χ3v) is 1.04. The Morgan fingerprint density at radius 2 is 1.35 bits per heavy atom. The molecule has 0 fully saturated rings. The molecule has 3 nitrogen and oxygen atoms in total. The second-order valence-electron chi connectivity index (χ2n) is 3.46. The average molecular weight is 290 g/mol. The molecule has 0 aromatic heterocycles. The summed E-state index contributed by atoms with van der Waals surface area (Å²) in [5.74, 6) is 0. The molecule has 0 spiro atoms. The van der Waals surface area contributed by atoms with Crippen molar-refractivity contribution in [1.29, 1.82) is 0 Å². The van der Waals surface area contributed by atoms with E-state index in [2.05, 4.69) is 0 Å². The van der Waals surface area contributed by atoms with E-state index >= 15 is 0 Å². The van der Waals surface area contributed by atoms with Crippen molar-refractivity contribution >= 4 is 13.8 Å². The van der Waals surface area contributed by atoms with Crippen molar-refractivity contribution in [3.05, 3.63) is 0 Å². The standard InChI is InChI=1S/C7H17N2O.F6P/c1-6-10-7(8(2)3)9(4)5;1-7(2,3,4,5)6/h6H2,1-5H3;/q+1;-1. The molecular formula is C7H17F6N2OP. The van der Waals surface area contributed by atoms with Gasteiger partial charge in [0.25, 0.3) is 0 Å². The van der Waals surface area contributed by atoms with Crippen molar-refractivity contribution in [3.63, 3.8) is 0 Å². The minimum atomic E-state index is -10.7. The van der Waals surface area contributed by atoms with Crippen LogP contribution in [0.15, 0.2) is 0 Å². The number of ether oxygens (including phenoxy) is 1. The number of hydrogen-bond donors (Lipinski definition) is 0. The summed E-state index contributed by atoms with van der Waals surface area (Å²) in [6.07, 6.45) is 0. The van der Waals surface area contributed by atoms with E-state index in [1.807, 2.05) is 44.6 Å². The Labute approximate surface area is 95.9 Å². The first-order chi connectivity index (χ1) is 7.04. The summed E-state index contributed by atoms with van der Waals surface area (Å²) in [6, 6.07) is 0.891. The van der Waals surface area contributed by atoms with Gasteiger partial charge in [0, 0.05) is 0 Å². The van der Waals surface area contributed by atoms with E-state index in [9.17, 15) is 25.2 Å². The Balaban J connectivity index is 0. The molecule has 0 bridgehead atoms. The van der Waals surface area contributed by atoms with Crippen LogP contribution in [0.2, 0.25) is 0 Å². The van der Waals surface area contributed by atoms with Crippen LogP contribution in [0.1, 0.15) is 6.92 Å². The van der Waals surface area contributed by atoms with Gasteiger partial charge in [-0.05, 0) is 6.92 Å². The third-order valence-electron chi connectivity index (χ3n) is 1.04. The number of hydrogen-bond acceptors (Lipinski definition) is 1. The Bertz CT molecular complexity index is 267. The van der Waals surface area contributed by atoms with E-state index in [1.54, 1.807) is 0 Å². The summed E-state index contributed by atoms with van der Waals surface area (Å²) >= 11 is 0. The van der Waals surface area contributed by atoms with Crippen LogP contribution in [0.25, 0.3) is 0 Å². The van der Waals surface area contributed by atoms with Crippen molar-refractivity contribution in [2.45, 2.75) is 6.92 Å². The molecule has 0 saturated heterocycles. The molecule has 0 atom stereocenters. The van der Waals surface area contributed by atoms with E-state index < -0.39 is 7.81 Å². The fourth-order valence-electron chi connectivity index (χ4n) is 0.787. The SMILES string of the molecule is CCOC(N(C)C)=[N+](C)C.F[P-](F)(F)(F)(F)F. The van der Waals surface area contributed by atoms with Crippen LogP contribution in [-0.2, 0) is 4.74 Å². The van der Waals surface area contributed by atoms with E-state index in [4.69, 9.17) is 4.74 Å². The summed E-state index contributed by atoms with van der Waals surface area (Å²) in [5, 5.41) is 0. The number of amidine groups is 1. The van der Waals surface area contributed by atoms with Gasteiger partial charge in [-0.3, -0.25) is 0 Å². The molecule has 0 amide bonds. The van der Waals surface area contributed by atoms with Crippen LogP contribution in [0, 0.1) is 0 Å². The second-order valence-corrected chi connectivity index (χ2v) is 5.38. The van der Waals surface area contributed by atoms with Crippen molar-refractivity contribution in [3.8, 4) is 0 Å². The Morgan fingerprint density at radius 1 is 1.06 bits per heavy atom. The van der Waals surface area contributed by atoms with Gasteiger partial charge in [0.1, 0.15) is 0 Å². The fraction of sp³-hybridized carbons (Fsp3) is 0.857.